The van der Waals surface area contributed by atoms with Gasteiger partial charge in [0.1, 0.15) is 5.82 Å². The first-order valence-electron chi connectivity index (χ1n) is 6.16. The number of benzene rings is 1. The summed E-state index contributed by atoms with van der Waals surface area (Å²) in [6, 6.07) is 11.6. The second-order valence-electron chi connectivity index (χ2n) is 4.33. The van der Waals surface area contributed by atoms with Crippen LogP contribution in [0.15, 0.2) is 41.8 Å². The maximum absolute atomic E-state index is 9.25. The predicted molar refractivity (Wildman–Crippen MR) is 77.2 cm³/mol. The van der Waals surface area contributed by atoms with E-state index in [1.807, 2.05) is 46.3 Å². The van der Waals surface area contributed by atoms with Crippen LogP contribution in [-0.4, -0.2) is 21.3 Å². The Labute approximate surface area is 115 Å². The van der Waals surface area contributed by atoms with Crippen LogP contribution in [0.2, 0.25) is 0 Å². The predicted octanol–water partition coefficient (Wildman–Crippen LogP) is 2.14. The number of aliphatic hydroxyl groups is 1. The Balaban J connectivity index is 2.14. The number of nitrogens with zero attached hydrogens (tertiary/aromatic N) is 2. The van der Waals surface area contributed by atoms with Gasteiger partial charge in [0, 0.05) is 11.4 Å². The Hall–Kier alpha value is -1.69. The molecule has 98 valence electrons. The van der Waals surface area contributed by atoms with Gasteiger partial charge >= 0.3 is 0 Å². The fraction of sp³-hybridized carbons (Fsp3) is 0.214. The molecule has 0 aliphatic carbocycles. The first-order valence-corrected chi connectivity index (χ1v) is 7.04. The second kappa shape index (κ2) is 5.13. The van der Waals surface area contributed by atoms with Crippen molar-refractivity contribution >= 4 is 22.4 Å². The third kappa shape index (κ3) is 2.16. The molecular formula is C14H15N3OS. The standard InChI is InChI=1S/C14H15N3OS/c15-13(12-6-3-9-19-12)14-16-10-4-1-2-5-11(10)17(14)7-8-18/h1-6,9,13,18H,7-8,15H2. The Kier molecular flexibility index (Phi) is 3.33. The van der Waals surface area contributed by atoms with Crippen LogP contribution >= 0.6 is 11.3 Å². The number of aromatic nitrogens is 2. The van der Waals surface area contributed by atoms with Crippen molar-refractivity contribution in [1.82, 2.24) is 9.55 Å². The smallest absolute Gasteiger partial charge is 0.132 e. The van der Waals surface area contributed by atoms with E-state index < -0.39 is 0 Å². The highest BCUT2D eigenvalue weighted by Gasteiger charge is 2.18. The molecule has 0 aliphatic rings. The molecule has 0 amide bonds. The Bertz CT molecular complexity index is 675. The van der Waals surface area contributed by atoms with E-state index in [2.05, 4.69) is 4.98 Å². The minimum absolute atomic E-state index is 0.0739. The van der Waals surface area contributed by atoms with Gasteiger partial charge in [-0.25, -0.2) is 4.98 Å². The molecule has 0 spiro atoms. The molecule has 0 fully saturated rings. The van der Waals surface area contributed by atoms with Crippen molar-refractivity contribution in [2.75, 3.05) is 6.61 Å². The van der Waals surface area contributed by atoms with Gasteiger partial charge in [0.25, 0.3) is 0 Å². The molecule has 5 heteroatoms. The van der Waals surface area contributed by atoms with Gasteiger partial charge in [0.2, 0.25) is 0 Å². The van der Waals surface area contributed by atoms with Gasteiger partial charge in [0.05, 0.1) is 23.7 Å². The quantitative estimate of drug-likeness (QED) is 0.765. The summed E-state index contributed by atoms with van der Waals surface area (Å²) in [7, 11) is 0. The summed E-state index contributed by atoms with van der Waals surface area (Å²) >= 11 is 1.62. The van der Waals surface area contributed by atoms with Gasteiger partial charge < -0.3 is 15.4 Å². The van der Waals surface area contributed by atoms with Gasteiger partial charge in [-0.2, -0.15) is 0 Å². The highest BCUT2D eigenvalue weighted by Crippen LogP contribution is 2.26. The minimum Gasteiger partial charge on any atom is -0.395 e. The van der Waals surface area contributed by atoms with Gasteiger partial charge in [-0.05, 0) is 23.6 Å². The van der Waals surface area contributed by atoms with E-state index in [4.69, 9.17) is 5.73 Å². The molecule has 0 saturated carbocycles. The maximum Gasteiger partial charge on any atom is 0.132 e. The highest BCUT2D eigenvalue weighted by atomic mass is 32.1. The molecule has 0 aliphatic heterocycles. The number of hydrogen-bond donors (Lipinski definition) is 2. The molecule has 1 aromatic carbocycles. The monoisotopic (exact) mass is 273 g/mol. The zero-order chi connectivity index (χ0) is 13.2. The van der Waals surface area contributed by atoms with Crippen molar-refractivity contribution in [3.05, 3.63) is 52.5 Å². The molecule has 0 radical (unpaired) electrons. The number of fused-ring (bicyclic) bond motifs is 1. The normalized spacial score (nSPS) is 12.9. The third-order valence-electron chi connectivity index (χ3n) is 3.14. The number of rotatable bonds is 4. The Morgan fingerprint density at radius 1 is 1.26 bits per heavy atom. The average molecular weight is 273 g/mol. The van der Waals surface area contributed by atoms with Crippen LogP contribution in [0.5, 0.6) is 0 Å². The topological polar surface area (TPSA) is 64.1 Å². The van der Waals surface area contributed by atoms with E-state index >= 15 is 0 Å². The van der Waals surface area contributed by atoms with Crippen LogP contribution in [0.1, 0.15) is 16.7 Å². The minimum atomic E-state index is -0.251. The Morgan fingerprint density at radius 2 is 2.11 bits per heavy atom. The molecule has 3 rings (SSSR count). The van der Waals surface area contributed by atoms with Gasteiger partial charge in [-0.1, -0.05) is 18.2 Å². The summed E-state index contributed by atoms with van der Waals surface area (Å²) in [5.74, 6) is 0.803. The van der Waals surface area contributed by atoms with Crippen molar-refractivity contribution in [1.29, 1.82) is 0 Å². The van der Waals surface area contributed by atoms with E-state index in [-0.39, 0.29) is 12.6 Å². The number of hydrogen-bond acceptors (Lipinski definition) is 4. The summed E-state index contributed by atoms with van der Waals surface area (Å²) in [6.07, 6.45) is 0. The molecule has 3 N–H and O–H groups in total. The van der Waals surface area contributed by atoms with Gasteiger partial charge in [-0.15, -0.1) is 11.3 Å². The summed E-state index contributed by atoms with van der Waals surface area (Å²) in [6.45, 7) is 0.583. The van der Waals surface area contributed by atoms with Crippen molar-refractivity contribution in [3.8, 4) is 0 Å². The second-order valence-corrected chi connectivity index (χ2v) is 5.31. The number of nitrogens with two attached hydrogens (primary N) is 1. The number of aliphatic hydroxyl groups excluding tert-OH is 1. The summed E-state index contributed by atoms with van der Waals surface area (Å²) in [4.78, 5) is 5.70. The van der Waals surface area contributed by atoms with Crippen LogP contribution in [0.4, 0.5) is 0 Å². The highest BCUT2D eigenvalue weighted by molar-refractivity contribution is 7.10. The molecule has 4 nitrogen and oxygen atoms in total. The van der Waals surface area contributed by atoms with E-state index in [1.54, 1.807) is 11.3 Å². The molecule has 2 heterocycles. The lowest BCUT2D eigenvalue weighted by molar-refractivity contribution is 0.275. The molecule has 1 unspecified atom stereocenters. The summed E-state index contributed by atoms with van der Waals surface area (Å²) in [5, 5.41) is 11.3. The Morgan fingerprint density at radius 3 is 2.84 bits per heavy atom. The van der Waals surface area contributed by atoms with Gasteiger partial charge in [-0.3, -0.25) is 0 Å². The largest absolute Gasteiger partial charge is 0.395 e. The van der Waals surface area contributed by atoms with Crippen molar-refractivity contribution in [2.24, 2.45) is 5.73 Å². The molecule has 3 aromatic rings. The fourth-order valence-corrected chi connectivity index (χ4v) is 2.99. The number of imidazole rings is 1. The molecule has 0 saturated heterocycles. The summed E-state index contributed by atoms with van der Waals surface area (Å²) < 4.78 is 2.00. The van der Waals surface area contributed by atoms with Crippen molar-refractivity contribution in [2.45, 2.75) is 12.6 Å². The molecule has 2 aromatic heterocycles. The van der Waals surface area contributed by atoms with Crippen LogP contribution in [0, 0.1) is 0 Å². The lowest BCUT2D eigenvalue weighted by atomic mass is 10.2. The number of thiophene rings is 1. The SMILES string of the molecule is NC(c1cccs1)c1nc2ccccc2n1CCO. The molecular weight excluding hydrogens is 258 g/mol. The van der Waals surface area contributed by atoms with E-state index in [0.717, 1.165) is 21.7 Å². The zero-order valence-electron chi connectivity index (χ0n) is 10.4. The zero-order valence-corrected chi connectivity index (χ0v) is 11.2. The van der Waals surface area contributed by atoms with Crippen LogP contribution in [-0.2, 0) is 6.54 Å². The molecule has 0 bridgehead atoms. The van der Waals surface area contributed by atoms with E-state index in [1.165, 1.54) is 0 Å². The lowest BCUT2D eigenvalue weighted by Gasteiger charge is -2.12. The van der Waals surface area contributed by atoms with Crippen LogP contribution in [0.25, 0.3) is 11.0 Å². The maximum atomic E-state index is 9.25. The van der Waals surface area contributed by atoms with Gasteiger partial charge in [0.15, 0.2) is 0 Å². The fourth-order valence-electron chi connectivity index (χ4n) is 2.26. The van der Waals surface area contributed by atoms with Crippen molar-refractivity contribution < 1.29 is 5.11 Å². The van der Waals surface area contributed by atoms with Crippen LogP contribution in [0.3, 0.4) is 0 Å². The summed E-state index contributed by atoms with van der Waals surface area (Å²) in [5.41, 5.74) is 8.23. The first kappa shape index (κ1) is 12.3. The van der Waals surface area contributed by atoms with E-state index in [0.29, 0.717) is 6.54 Å². The lowest BCUT2D eigenvalue weighted by Crippen LogP contribution is -2.18. The molecule has 19 heavy (non-hydrogen) atoms. The first-order chi connectivity index (χ1) is 9.31. The van der Waals surface area contributed by atoms with Crippen molar-refractivity contribution in [3.63, 3.8) is 0 Å². The van der Waals surface area contributed by atoms with Crippen LogP contribution < -0.4 is 5.73 Å². The number of para-hydroxylation sites is 2. The van der Waals surface area contributed by atoms with E-state index in [9.17, 15) is 5.11 Å². The third-order valence-corrected chi connectivity index (χ3v) is 4.09. The average Bonchev–Trinajstić information content (AvgIpc) is 3.06. The molecule has 1 atom stereocenters.